The lowest BCUT2D eigenvalue weighted by molar-refractivity contribution is -0.121. The van der Waals surface area contributed by atoms with Crippen LogP contribution in [0.3, 0.4) is 0 Å². The number of aryl methyl sites for hydroxylation is 1. The molecule has 1 fully saturated rings. The Balaban J connectivity index is 1.18. The van der Waals surface area contributed by atoms with E-state index in [0.29, 0.717) is 38.2 Å². The highest BCUT2D eigenvalue weighted by atomic mass is 19.2. The Bertz CT molecular complexity index is 1250. The van der Waals surface area contributed by atoms with Crippen LogP contribution < -0.4 is 5.32 Å². The van der Waals surface area contributed by atoms with Gasteiger partial charge in [-0.2, -0.15) is 0 Å². The molecule has 0 spiro atoms. The highest BCUT2D eigenvalue weighted by Gasteiger charge is 2.33. The maximum atomic E-state index is 13.4. The van der Waals surface area contributed by atoms with Gasteiger partial charge in [-0.05, 0) is 37.5 Å². The molecule has 1 N–H and O–H groups in total. The number of fused-ring (bicyclic) bond motifs is 1. The Kier molecular flexibility index (Phi) is 6.29. The van der Waals surface area contributed by atoms with Gasteiger partial charge in [0.2, 0.25) is 5.91 Å². The average molecular weight is 482 g/mol. The number of anilines is 1. The second kappa shape index (κ2) is 9.53. The van der Waals surface area contributed by atoms with Gasteiger partial charge in [0.15, 0.2) is 17.3 Å². The number of carbonyl (C=O) groups excluding carboxylic acids is 2. The van der Waals surface area contributed by atoms with Crippen molar-refractivity contribution < 1.29 is 23.1 Å². The summed E-state index contributed by atoms with van der Waals surface area (Å²) >= 11 is 0. The molecule has 3 heterocycles. The van der Waals surface area contributed by atoms with Gasteiger partial charge >= 0.3 is 0 Å². The first-order chi connectivity index (χ1) is 16.9. The molecular weight excluding hydrogens is 456 g/mol. The van der Waals surface area contributed by atoms with E-state index in [1.165, 1.54) is 11.6 Å². The van der Waals surface area contributed by atoms with Gasteiger partial charge in [0.25, 0.3) is 5.91 Å². The van der Waals surface area contributed by atoms with Crippen molar-refractivity contribution in [1.29, 1.82) is 0 Å². The maximum absolute atomic E-state index is 13.4. The summed E-state index contributed by atoms with van der Waals surface area (Å²) in [5.74, 6) is -2.83. The van der Waals surface area contributed by atoms with Gasteiger partial charge in [0.05, 0.1) is 18.8 Å². The van der Waals surface area contributed by atoms with Crippen LogP contribution in [0.2, 0.25) is 0 Å². The molecule has 0 bridgehead atoms. The van der Waals surface area contributed by atoms with Gasteiger partial charge in [-0.1, -0.05) is 35.0 Å². The lowest BCUT2D eigenvalue weighted by atomic mass is 9.95. The molecule has 0 radical (unpaired) electrons. The fourth-order valence-electron chi connectivity index (χ4n) is 4.47. The molecular formula is C25H25F2N5O3. The summed E-state index contributed by atoms with van der Waals surface area (Å²) in [6.07, 6.45) is 0.754. The molecule has 5 rings (SSSR count). The van der Waals surface area contributed by atoms with Crippen LogP contribution in [-0.4, -0.2) is 44.8 Å². The fourth-order valence-corrected chi connectivity index (χ4v) is 4.47. The van der Waals surface area contributed by atoms with E-state index in [4.69, 9.17) is 4.74 Å². The van der Waals surface area contributed by atoms with E-state index in [2.05, 4.69) is 15.6 Å². The SMILES string of the molecule is Cc1ccc([C@H]2Cn3nnc(C(=O)N4CCC(C(=O)Nc5ccc(F)c(F)c5)CC4)c3CO2)cc1. The molecule has 3 aromatic rings. The highest BCUT2D eigenvalue weighted by molar-refractivity contribution is 5.94. The Hall–Kier alpha value is -3.66. The molecule has 1 atom stereocenters. The van der Waals surface area contributed by atoms with Crippen LogP contribution in [0, 0.1) is 24.5 Å². The van der Waals surface area contributed by atoms with Crippen LogP contribution in [0.15, 0.2) is 42.5 Å². The molecule has 1 saturated heterocycles. The lowest BCUT2D eigenvalue weighted by Gasteiger charge is -2.31. The zero-order chi connectivity index (χ0) is 24.5. The minimum absolute atomic E-state index is 0.156. The van der Waals surface area contributed by atoms with Crippen LogP contribution in [0.5, 0.6) is 0 Å². The molecule has 182 valence electrons. The van der Waals surface area contributed by atoms with Crippen LogP contribution in [0.1, 0.15) is 46.3 Å². The number of ether oxygens (including phenoxy) is 1. The van der Waals surface area contributed by atoms with Gasteiger partial charge in [0.1, 0.15) is 6.10 Å². The highest BCUT2D eigenvalue weighted by Crippen LogP contribution is 2.28. The number of aromatic nitrogens is 3. The summed E-state index contributed by atoms with van der Waals surface area (Å²) in [5.41, 5.74) is 3.35. The number of hydrogen-bond donors (Lipinski definition) is 1. The van der Waals surface area contributed by atoms with Gasteiger partial charge in [0, 0.05) is 30.8 Å². The third-order valence-corrected chi connectivity index (χ3v) is 6.59. The number of nitrogens with zero attached hydrogens (tertiary/aromatic N) is 4. The maximum Gasteiger partial charge on any atom is 0.276 e. The molecule has 1 aromatic heterocycles. The summed E-state index contributed by atoms with van der Waals surface area (Å²) in [6, 6.07) is 11.4. The number of benzene rings is 2. The smallest absolute Gasteiger partial charge is 0.276 e. The number of nitrogens with one attached hydrogen (secondary N) is 1. The monoisotopic (exact) mass is 481 g/mol. The predicted molar refractivity (Wildman–Crippen MR) is 122 cm³/mol. The zero-order valence-electron chi connectivity index (χ0n) is 19.2. The van der Waals surface area contributed by atoms with Gasteiger partial charge < -0.3 is 15.0 Å². The second-order valence-electron chi connectivity index (χ2n) is 8.96. The van der Waals surface area contributed by atoms with Crippen LogP contribution in [-0.2, 0) is 22.7 Å². The minimum atomic E-state index is -1.02. The summed E-state index contributed by atoms with van der Waals surface area (Å²) < 4.78 is 34.2. The van der Waals surface area contributed by atoms with E-state index in [1.807, 2.05) is 31.2 Å². The first-order valence-corrected chi connectivity index (χ1v) is 11.5. The number of carbonyl (C=O) groups is 2. The van der Waals surface area contributed by atoms with Crippen molar-refractivity contribution in [2.45, 2.75) is 39.0 Å². The summed E-state index contributed by atoms with van der Waals surface area (Å²) in [5, 5.41) is 10.9. The second-order valence-corrected chi connectivity index (χ2v) is 8.96. The number of rotatable bonds is 4. The first-order valence-electron chi connectivity index (χ1n) is 11.5. The number of piperidine rings is 1. The molecule has 2 aliphatic rings. The first kappa shape index (κ1) is 23.1. The number of amides is 2. The topological polar surface area (TPSA) is 89.4 Å². The molecule has 0 aliphatic carbocycles. The number of halogens is 2. The van der Waals surface area contributed by atoms with Gasteiger partial charge in [-0.15, -0.1) is 5.10 Å². The van der Waals surface area contributed by atoms with Crippen molar-refractivity contribution in [2.75, 3.05) is 18.4 Å². The van der Waals surface area contributed by atoms with E-state index in [-0.39, 0.29) is 41.8 Å². The Morgan fingerprint density at radius 1 is 1.06 bits per heavy atom. The van der Waals surface area contributed by atoms with Crippen LogP contribution >= 0.6 is 0 Å². The molecule has 0 saturated carbocycles. The fraction of sp³-hybridized carbons (Fsp3) is 0.360. The molecule has 0 unspecified atom stereocenters. The van der Waals surface area contributed by atoms with Crippen molar-refractivity contribution in [2.24, 2.45) is 5.92 Å². The van der Waals surface area contributed by atoms with Crippen molar-refractivity contribution in [1.82, 2.24) is 19.9 Å². The van der Waals surface area contributed by atoms with Crippen molar-refractivity contribution >= 4 is 17.5 Å². The van der Waals surface area contributed by atoms with E-state index in [1.54, 1.807) is 9.58 Å². The number of hydrogen-bond acceptors (Lipinski definition) is 5. The summed E-state index contributed by atoms with van der Waals surface area (Å²) in [4.78, 5) is 27.4. The van der Waals surface area contributed by atoms with E-state index < -0.39 is 11.6 Å². The Morgan fingerprint density at radius 2 is 1.80 bits per heavy atom. The summed E-state index contributed by atoms with van der Waals surface area (Å²) in [6.45, 7) is 3.51. The lowest BCUT2D eigenvalue weighted by Crippen LogP contribution is -2.42. The third-order valence-electron chi connectivity index (χ3n) is 6.59. The van der Waals surface area contributed by atoms with E-state index in [0.717, 1.165) is 17.7 Å². The number of likely N-dealkylation sites (tertiary alicyclic amines) is 1. The largest absolute Gasteiger partial charge is 0.365 e. The quantitative estimate of drug-likeness (QED) is 0.615. The van der Waals surface area contributed by atoms with Crippen molar-refractivity contribution in [3.05, 3.63) is 76.6 Å². The zero-order valence-corrected chi connectivity index (χ0v) is 19.2. The average Bonchev–Trinajstić information content (AvgIpc) is 3.29. The molecule has 8 nitrogen and oxygen atoms in total. The van der Waals surface area contributed by atoms with Crippen LogP contribution in [0.25, 0.3) is 0 Å². The Morgan fingerprint density at radius 3 is 2.51 bits per heavy atom. The third kappa shape index (κ3) is 4.79. The molecule has 35 heavy (non-hydrogen) atoms. The molecule has 2 amide bonds. The van der Waals surface area contributed by atoms with Crippen LogP contribution in [0.4, 0.5) is 14.5 Å². The molecule has 2 aliphatic heterocycles. The predicted octanol–water partition coefficient (Wildman–Crippen LogP) is 3.63. The van der Waals surface area contributed by atoms with E-state index in [9.17, 15) is 18.4 Å². The van der Waals surface area contributed by atoms with Gasteiger partial charge in [-0.3, -0.25) is 9.59 Å². The van der Waals surface area contributed by atoms with Crippen molar-refractivity contribution in [3.63, 3.8) is 0 Å². The van der Waals surface area contributed by atoms with E-state index >= 15 is 0 Å². The minimum Gasteiger partial charge on any atom is -0.365 e. The van der Waals surface area contributed by atoms with Crippen molar-refractivity contribution in [3.8, 4) is 0 Å². The standard InChI is InChI=1S/C25H25F2N5O3/c1-15-2-4-16(5-3-15)22-13-32-21(14-35-22)23(29-30-32)25(34)31-10-8-17(9-11-31)24(33)28-18-6-7-19(26)20(27)12-18/h2-7,12,17,22H,8-11,13-14H2,1H3,(H,28,33)/t22-/m1/s1. The molecule has 2 aromatic carbocycles. The Labute approximate surface area is 200 Å². The molecule has 10 heteroatoms. The normalized spacial score (nSPS) is 18.3. The summed E-state index contributed by atoms with van der Waals surface area (Å²) in [7, 11) is 0. The van der Waals surface area contributed by atoms with Gasteiger partial charge in [-0.25, -0.2) is 13.5 Å².